The van der Waals surface area contributed by atoms with Crippen LogP contribution in [-0.4, -0.2) is 54.2 Å². The van der Waals surface area contributed by atoms with E-state index in [-0.39, 0.29) is 0 Å². The van der Waals surface area contributed by atoms with Crippen molar-refractivity contribution in [1.82, 2.24) is 14.9 Å². The van der Waals surface area contributed by atoms with Gasteiger partial charge in [0.1, 0.15) is 11.6 Å². The van der Waals surface area contributed by atoms with Crippen molar-refractivity contribution in [3.63, 3.8) is 0 Å². The van der Waals surface area contributed by atoms with Crippen molar-refractivity contribution >= 4 is 5.82 Å². The number of para-hydroxylation sites is 1. The van der Waals surface area contributed by atoms with Gasteiger partial charge >= 0.3 is 0 Å². The fourth-order valence-electron chi connectivity index (χ4n) is 5.83. The number of nitrogens with zero attached hydrogens (tertiary/aromatic N) is 4. The largest absolute Gasteiger partial charge is 0.496 e. The van der Waals surface area contributed by atoms with Crippen LogP contribution in [0.5, 0.6) is 5.75 Å². The fourth-order valence-corrected chi connectivity index (χ4v) is 5.83. The molecule has 2 saturated heterocycles. The van der Waals surface area contributed by atoms with Crippen LogP contribution in [0.1, 0.15) is 49.3 Å². The van der Waals surface area contributed by atoms with E-state index in [2.05, 4.69) is 44.0 Å². The number of hydrogen-bond donors (Lipinski definition) is 0. The second kappa shape index (κ2) is 7.60. The van der Waals surface area contributed by atoms with Crippen LogP contribution in [0.15, 0.2) is 36.7 Å². The minimum Gasteiger partial charge on any atom is -0.496 e. The van der Waals surface area contributed by atoms with Crippen LogP contribution >= 0.6 is 0 Å². The summed E-state index contributed by atoms with van der Waals surface area (Å²) in [7, 11) is 1.79. The first kappa shape index (κ1) is 18.9. The van der Waals surface area contributed by atoms with Crippen molar-refractivity contribution in [2.24, 2.45) is 5.41 Å². The van der Waals surface area contributed by atoms with Gasteiger partial charge < -0.3 is 14.5 Å². The highest BCUT2D eigenvalue weighted by atomic mass is 16.5. The van der Waals surface area contributed by atoms with Gasteiger partial charge in [-0.15, -0.1) is 0 Å². The van der Waals surface area contributed by atoms with Gasteiger partial charge in [0.15, 0.2) is 0 Å². The van der Waals surface area contributed by atoms with E-state index >= 15 is 0 Å². The highest BCUT2D eigenvalue weighted by molar-refractivity contribution is 5.41. The molecule has 5 heteroatoms. The van der Waals surface area contributed by atoms with Crippen LogP contribution in [0, 0.1) is 12.3 Å². The molecule has 0 radical (unpaired) electrons. The molecule has 2 aliphatic heterocycles. The summed E-state index contributed by atoms with van der Waals surface area (Å²) >= 11 is 0. The number of ether oxygens (including phenoxy) is 1. The zero-order chi connectivity index (χ0) is 19.8. The summed E-state index contributed by atoms with van der Waals surface area (Å²) in [4.78, 5) is 14.1. The Morgan fingerprint density at radius 3 is 2.55 bits per heavy atom. The van der Waals surface area contributed by atoms with E-state index in [1.54, 1.807) is 7.11 Å². The van der Waals surface area contributed by atoms with Crippen LogP contribution in [-0.2, 0) is 0 Å². The average Bonchev–Trinajstić information content (AvgIpc) is 3.19. The van der Waals surface area contributed by atoms with Gasteiger partial charge in [0, 0.05) is 24.5 Å². The Morgan fingerprint density at radius 1 is 1.03 bits per heavy atom. The number of anilines is 1. The Bertz CT molecular complexity index is 838. The Kier molecular flexibility index (Phi) is 4.94. The number of likely N-dealkylation sites (tertiary alicyclic amines) is 1. The normalized spacial score (nSPS) is 24.6. The van der Waals surface area contributed by atoms with Gasteiger partial charge in [-0.25, -0.2) is 4.98 Å². The monoisotopic (exact) mass is 392 g/mol. The molecule has 0 amide bonds. The third-order valence-electron chi connectivity index (χ3n) is 7.45. The highest BCUT2D eigenvalue weighted by Crippen LogP contribution is 2.48. The van der Waals surface area contributed by atoms with Gasteiger partial charge in [-0.2, -0.15) is 0 Å². The van der Waals surface area contributed by atoms with Crippen LogP contribution in [0.3, 0.4) is 0 Å². The smallest absolute Gasteiger partial charge is 0.147 e. The molecule has 1 saturated carbocycles. The summed E-state index contributed by atoms with van der Waals surface area (Å²) in [5, 5.41) is 0. The Labute approximate surface area is 174 Å². The second-order valence-electron chi connectivity index (χ2n) is 9.32. The number of aromatic nitrogens is 2. The first-order chi connectivity index (χ1) is 14.2. The van der Waals surface area contributed by atoms with Crippen LogP contribution in [0.25, 0.3) is 0 Å². The third-order valence-corrected chi connectivity index (χ3v) is 7.45. The number of benzene rings is 1. The molecule has 5 nitrogen and oxygen atoms in total. The molecule has 0 unspecified atom stereocenters. The number of piperidine rings is 1. The summed E-state index contributed by atoms with van der Waals surface area (Å²) in [5.41, 5.74) is 2.89. The minimum absolute atomic E-state index is 0.511. The molecule has 1 aromatic heterocycles. The summed E-state index contributed by atoms with van der Waals surface area (Å²) < 4.78 is 5.60. The van der Waals surface area contributed by atoms with Crippen LogP contribution in [0.4, 0.5) is 5.82 Å². The highest BCUT2D eigenvalue weighted by Gasteiger charge is 2.49. The topological polar surface area (TPSA) is 41.5 Å². The standard InChI is InChI=1S/C24H32N4O/c1-18-14-26-23(15-25-18)28-16-24(17-28)10-7-20(13-24)27-11-8-19(9-12-27)21-5-3-4-6-22(21)29-2/h3-6,14-15,19-20H,7-13,16-17H2,1-2H3/t20-/m1/s1. The number of aryl methyl sites for hydroxylation is 1. The molecule has 5 rings (SSSR count). The van der Waals surface area contributed by atoms with Crippen molar-refractivity contribution in [3.8, 4) is 5.75 Å². The lowest BCUT2D eigenvalue weighted by atomic mass is 9.78. The minimum atomic E-state index is 0.511. The molecule has 3 aliphatic rings. The molecule has 154 valence electrons. The first-order valence-electron chi connectivity index (χ1n) is 11.1. The maximum atomic E-state index is 5.60. The Balaban J connectivity index is 1.15. The van der Waals surface area contributed by atoms with Gasteiger partial charge in [0.25, 0.3) is 0 Å². The molecule has 0 N–H and O–H groups in total. The van der Waals surface area contributed by atoms with E-state index < -0.39 is 0 Å². The number of methoxy groups -OCH3 is 1. The van der Waals surface area contributed by atoms with E-state index in [0.717, 1.165) is 36.4 Å². The van der Waals surface area contributed by atoms with Crippen molar-refractivity contribution in [1.29, 1.82) is 0 Å². The summed E-state index contributed by atoms with van der Waals surface area (Å²) in [6.45, 7) is 6.73. The third kappa shape index (κ3) is 3.61. The predicted octanol–water partition coefficient (Wildman–Crippen LogP) is 4.03. The SMILES string of the molecule is COc1ccccc1C1CCN([C@@H]2CCC3(C2)CN(c2cnc(C)cn2)C3)CC1. The van der Waals surface area contributed by atoms with E-state index in [1.807, 2.05) is 19.3 Å². The fraction of sp³-hybridized carbons (Fsp3) is 0.583. The van der Waals surface area contributed by atoms with E-state index in [0.29, 0.717) is 11.3 Å². The van der Waals surface area contributed by atoms with E-state index in [9.17, 15) is 0 Å². The molecule has 0 bridgehead atoms. The molecule has 1 spiro atoms. The number of rotatable bonds is 4. The maximum absolute atomic E-state index is 5.60. The van der Waals surface area contributed by atoms with E-state index in [1.165, 1.54) is 50.8 Å². The average molecular weight is 393 g/mol. The van der Waals surface area contributed by atoms with Crippen molar-refractivity contribution in [3.05, 3.63) is 47.9 Å². The zero-order valence-corrected chi connectivity index (χ0v) is 17.7. The lowest BCUT2D eigenvalue weighted by molar-refractivity contribution is 0.131. The molecule has 1 atom stereocenters. The quantitative estimate of drug-likeness (QED) is 0.786. The molecular weight excluding hydrogens is 360 g/mol. The first-order valence-corrected chi connectivity index (χ1v) is 11.1. The summed E-state index contributed by atoms with van der Waals surface area (Å²) in [5.74, 6) is 2.74. The van der Waals surface area contributed by atoms with Crippen molar-refractivity contribution in [2.45, 2.75) is 51.0 Å². The van der Waals surface area contributed by atoms with E-state index in [4.69, 9.17) is 4.74 Å². The van der Waals surface area contributed by atoms with Crippen LogP contribution in [0.2, 0.25) is 0 Å². The lowest BCUT2D eigenvalue weighted by Crippen LogP contribution is -2.56. The molecule has 1 aliphatic carbocycles. The molecule has 1 aromatic carbocycles. The molecule has 29 heavy (non-hydrogen) atoms. The van der Waals surface area contributed by atoms with Crippen molar-refractivity contribution < 1.29 is 4.74 Å². The van der Waals surface area contributed by atoms with Gasteiger partial charge in [0.2, 0.25) is 0 Å². The van der Waals surface area contributed by atoms with Crippen LogP contribution < -0.4 is 9.64 Å². The predicted molar refractivity (Wildman–Crippen MR) is 116 cm³/mol. The van der Waals surface area contributed by atoms with Gasteiger partial charge in [-0.1, -0.05) is 18.2 Å². The molecular formula is C24H32N4O. The van der Waals surface area contributed by atoms with Gasteiger partial charge in [0.05, 0.1) is 25.2 Å². The maximum Gasteiger partial charge on any atom is 0.147 e. The summed E-state index contributed by atoms with van der Waals surface area (Å²) in [6, 6.07) is 9.33. The molecule has 3 fully saturated rings. The lowest BCUT2D eigenvalue weighted by Gasteiger charge is -2.49. The van der Waals surface area contributed by atoms with Gasteiger partial charge in [-0.3, -0.25) is 4.98 Å². The summed E-state index contributed by atoms with van der Waals surface area (Å²) in [6.07, 6.45) is 10.4. The second-order valence-corrected chi connectivity index (χ2v) is 9.32. The Morgan fingerprint density at radius 2 is 1.83 bits per heavy atom. The molecule has 2 aromatic rings. The van der Waals surface area contributed by atoms with Crippen molar-refractivity contribution in [2.75, 3.05) is 38.2 Å². The Hall–Kier alpha value is -2.14. The molecule has 3 heterocycles. The number of hydrogen-bond acceptors (Lipinski definition) is 5. The van der Waals surface area contributed by atoms with Gasteiger partial charge in [-0.05, 0) is 69.7 Å². The zero-order valence-electron chi connectivity index (χ0n) is 17.7.